The number of benzene rings is 1. The van der Waals surface area contributed by atoms with Gasteiger partial charge in [-0.25, -0.2) is 12.2 Å². The van der Waals surface area contributed by atoms with Crippen LogP contribution in [0, 0.1) is 19.2 Å². The van der Waals surface area contributed by atoms with Crippen LogP contribution in [0.2, 0.25) is 0 Å². The normalized spacial score (nSPS) is 10.7. The molecule has 1 nitrogen and oxygen atoms in total. The van der Waals surface area contributed by atoms with E-state index in [2.05, 4.69) is 42.4 Å². The van der Waals surface area contributed by atoms with Crippen LogP contribution < -0.4 is 24.8 Å². The Morgan fingerprint density at radius 2 is 1.89 bits per heavy atom. The number of hydrogen-bond acceptors (Lipinski definition) is 0. The second-order valence-corrected chi connectivity index (χ2v) is 3.42. The molecule has 0 saturated carbocycles. The SMILES string of the molecule is Cc1[c-][nH]c2ccccc12.[C-]1=CC=CC1.[Cl-].[Cl-].[Zr+4]. The fourth-order valence-corrected chi connectivity index (χ4v) is 1.49. The topological polar surface area (TPSA) is 15.8 Å². The molecule has 92 valence electrons. The third kappa shape index (κ3) is 5.56. The van der Waals surface area contributed by atoms with Crippen molar-refractivity contribution in [2.24, 2.45) is 0 Å². The zero-order valence-electron chi connectivity index (χ0n) is 10.0. The first kappa shape index (κ1) is 20.0. The van der Waals surface area contributed by atoms with E-state index in [1.165, 1.54) is 16.5 Å². The molecule has 1 aromatic heterocycles. The molecule has 1 aromatic carbocycles. The van der Waals surface area contributed by atoms with Gasteiger partial charge in [0.25, 0.3) is 0 Å². The molecule has 18 heavy (non-hydrogen) atoms. The summed E-state index contributed by atoms with van der Waals surface area (Å²) in [6, 6.07) is 8.21. The molecule has 0 radical (unpaired) electrons. The van der Waals surface area contributed by atoms with Gasteiger partial charge in [-0.2, -0.15) is 17.0 Å². The van der Waals surface area contributed by atoms with Crippen molar-refractivity contribution in [1.29, 1.82) is 0 Å². The molecule has 0 atom stereocenters. The molecule has 4 heteroatoms. The zero-order valence-corrected chi connectivity index (χ0v) is 14.0. The number of hydrogen-bond donors (Lipinski definition) is 1. The van der Waals surface area contributed by atoms with Crippen LogP contribution in [0.1, 0.15) is 12.0 Å². The maximum absolute atomic E-state index is 3.06. The number of aromatic amines is 1. The van der Waals surface area contributed by atoms with Gasteiger partial charge in [0, 0.05) is 0 Å². The van der Waals surface area contributed by atoms with Gasteiger partial charge in [0.1, 0.15) is 0 Å². The first-order chi connectivity index (χ1) is 7.38. The second-order valence-electron chi connectivity index (χ2n) is 3.42. The number of fused-ring (bicyclic) bond motifs is 1. The molecule has 0 spiro atoms. The van der Waals surface area contributed by atoms with E-state index in [9.17, 15) is 0 Å². The van der Waals surface area contributed by atoms with E-state index in [-0.39, 0.29) is 51.0 Å². The minimum atomic E-state index is 0. The van der Waals surface area contributed by atoms with E-state index >= 15 is 0 Å². The van der Waals surface area contributed by atoms with Crippen molar-refractivity contribution < 1.29 is 51.0 Å². The van der Waals surface area contributed by atoms with Crippen molar-refractivity contribution in [3.8, 4) is 0 Å². The smallest absolute Gasteiger partial charge is 1.00 e. The number of nitrogens with one attached hydrogen (secondary N) is 1. The maximum Gasteiger partial charge on any atom is 4.00 e. The Bertz CT molecular complexity index is 493. The summed E-state index contributed by atoms with van der Waals surface area (Å²) in [5.74, 6) is 0. The number of aromatic nitrogens is 1. The monoisotopic (exact) mass is 355 g/mol. The van der Waals surface area contributed by atoms with Crippen molar-refractivity contribution in [2.45, 2.75) is 13.3 Å². The van der Waals surface area contributed by atoms with E-state index in [1.54, 1.807) is 0 Å². The standard InChI is InChI=1S/C9H8N.C5H5.2ClH.Zr/c1-7-6-10-9-5-3-2-4-8(7)9;1-2-4-5-3-1;;;/h2-5,10H,1H3;1-3H,4H2;2*1H;/q2*-1;;;+4/p-2. The number of rotatable bonds is 0. The molecule has 1 N–H and O–H groups in total. The van der Waals surface area contributed by atoms with Gasteiger partial charge in [-0.1, -0.05) is 19.1 Å². The van der Waals surface area contributed by atoms with E-state index in [1.807, 2.05) is 24.3 Å². The Balaban J connectivity index is 0. The van der Waals surface area contributed by atoms with Crippen molar-refractivity contribution >= 4 is 10.9 Å². The molecule has 0 amide bonds. The predicted octanol–water partition coefficient (Wildman–Crippen LogP) is -2.41. The molecule has 0 fully saturated rings. The summed E-state index contributed by atoms with van der Waals surface area (Å²) in [6.45, 7) is 2.05. The van der Waals surface area contributed by atoms with Gasteiger partial charge in [-0.3, -0.25) is 6.08 Å². The molecule has 2 aromatic rings. The van der Waals surface area contributed by atoms with Crippen molar-refractivity contribution in [2.75, 3.05) is 0 Å². The van der Waals surface area contributed by atoms with Crippen LogP contribution in [-0.4, -0.2) is 4.98 Å². The van der Waals surface area contributed by atoms with Crippen molar-refractivity contribution in [1.82, 2.24) is 4.98 Å². The number of para-hydroxylation sites is 1. The quantitative estimate of drug-likeness (QED) is 0.506. The fraction of sp³-hybridized carbons (Fsp3) is 0.143. The summed E-state index contributed by atoms with van der Waals surface area (Å²) in [5.41, 5.74) is 2.36. The molecule has 0 aliphatic heterocycles. The number of halogens is 2. The Hall–Kier alpha value is -0.297. The van der Waals surface area contributed by atoms with Gasteiger partial charge >= 0.3 is 26.2 Å². The van der Waals surface area contributed by atoms with Crippen molar-refractivity contribution in [3.63, 3.8) is 0 Å². The van der Waals surface area contributed by atoms with Crippen LogP contribution in [-0.2, 0) is 26.2 Å². The van der Waals surface area contributed by atoms with Gasteiger partial charge < -0.3 is 29.8 Å². The van der Waals surface area contributed by atoms with Crippen LogP contribution in [0.15, 0.2) is 42.5 Å². The number of H-pyrrole nitrogens is 1. The molecule has 0 saturated heterocycles. The van der Waals surface area contributed by atoms with Crippen LogP contribution >= 0.6 is 0 Å². The average Bonchev–Trinajstić information content (AvgIpc) is 2.92. The molecule has 0 unspecified atom stereocenters. The molecule has 0 bridgehead atoms. The molecule has 1 aliphatic rings. The van der Waals surface area contributed by atoms with Gasteiger partial charge in [0.2, 0.25) is 0 Å². The van der Waals surface area contributed by atoms with Crippen LogP contribution in [0.5, 0.6) is 0 Å². The molecular formula is C14H13Cl2NZr. The minimum Gasteiger partial charge on any atom is -1.00 e. The first-order valence-corrected chi connectivity index (χ1v) is 5.04. The van der Waals surface area contributed by atoms with Crippen LogP contribution in [0.4, 0.5) is 0 Å². The maximum atomic E-state index is 3.06. The van der Waals surface area contributed by atoms with E-state index in [0.717, 1.165) is 6.42 Å². The van der Waals surface area contributed by atoms with E-state index in [4.69, 9.17) is 0 Å². The summed E-state index contributed by atoms with van der Waals surface area (Å²) in [7, 11) is 0. The fourth-order valence-electron chi connectivity index (χ4n) is 1.49. The number of allylic oxidation sites excluding steroid dienone is 4. The summed E-state index contributed by atoms with van der Waals surface area (Å²) in [6.07, 6.45) is 13.1. The second kappa shape index (κ2) is 10.6. The van der Waals surface area contributed by atoms with Gasteiger partial charge in [-0.15, -0.1) is 30.3 Å². The Kier molecular flexibility index (Phi) is 11.8. The number of aryl methyl sites for hydroxylation is 1. The first-order valence-electron chi connectivity index (χ1n) is 5.04. The molecule has 1 heterocycles. The summed E-state index contributed by atoms with van der Waals surface area (Å²) in [5, 5.41) is 1.27. The van der Waals surface area contributed by atoms with Crippen molar-refractivity contribution in [3.05, 3.63) is 60.3 Å². The predicted molar refractivity (Wildman–Crippen MR) is 63.4 cm³/mol. The Labute approximate surface area is 140 Å². The minimum absolute atomic E-state index is 0. The summed E-state index contributed by atoms with van der Waals surface area (Å²) < 4.78 is 0. The van der Waals surface area contributed by atoms with Gasteiger partial charge in [-0.05, 0) is 0 Å². The largest absolute Gasteiger partial charge is 4.00 e. The average molecular weight is 357 g/mol. The Morgan fingerprint density at radius 1 is 1.17 bits per heavy atom. The summed E-state index contributed by atoms with van der Waals surface area (Å²) >= 11 is 0. The Morgan fingerprint density at radius 3 is 2.39 bits per heavy atom. The van der Waals surface area contributed by atoms with Crippen LogP contribution in [0.3, 0.4) is 0 Å². The van der Waals surface area contributed by atoms with Crippen LogP contribution in [0.25, 0.3) is 10.9 Å². The summed E-state index contributed by atoms with van der Waals surface area (Å²) in [4.78, 5) is 3.06. The van der Waals surface area contributed by atoms with E-state index < -0.39 is 0 Å². The van der Waals surface area contributed by atoms with E-state index in [0.29, 0.717) is 0 Å². The van der Waals surface area contributed by atoms with Gasteiger partial charge in [0.15, 0.2) is 0 Å². The van der Waals surface area contributed by atoms with Gasteiger partial charge in [0.05, 0.1) is 0 Å². The molecular weight excluding hydrogens is 344 g/mol. The molecule has 1 aliphatic carbocycles. The third-order valence-corrected chi connectivity index (χ3v) is 2.30. The zero-order chi connectivity index (χ0) is 10.5. The molecule has 3 rings (SSSR count). The third-order valence-electron chi connectivity index (χ3n) is 2.30.